The molecule has 0 aliphatic rings. The van der Waals surface area contributed by atoms with Gasteiger partial charge in [0.15, 0.2) is 0 Å². The molecule has 4 nitrogen and oxygen atoms in total. The van der Waals surface area contributed by atoms with Gasteiger partial charge in [0.1, 0.15) is 18.0 Å². The highest BCUT2D eigenvalue weighted by Crippen LogP contribution is 2.20. The third kappa shape index (κ3) is 2.09. The lowest BCUT2D eigenvalue weighted by molar-refractivity contribution is 0.281. The zero-order valence-corrected chi connectivity index (χ0v) is 8.81. The Kier molecular flexibility index (Phi) is 2.96. The SMILES string of the molecule is C[C@@H](CO)Nc1ncnc2ccc(F)cc12. The second-order valence-corrected chi connectivity index (χ2v) is 3.61. The molecule has 0 unspecified atom stereocenters. The second kappa shape index (κ2) is 4.40. The number of hydrogen-bond acceptors (Lipinski definition) is 4. The lowest BCUT2D eigenvalue weighted by Crippen LogP contribution is -2.20. The Balaban J connectivity index is 2.47. The minimum absolute atomic E-state index is 0.0131. The van der Waals surface area contributed by atoms with Gasteiger partial charge in [-0.2, -0.15) is 0 Å². The average molecular weight is 221 g/mol. The van der Waals surface area contributed by atoms with E-state index in [0.717, 1.165) is 0 Å². The maximum Gasteiger partial charge on any atom is 0.137 e. The number of nitrogens with zero attached hydrogens (tertiary/aromatic N) is 2. The number of aromatic nitrogens is 2. The summed E-state index contributed by atoms with van der Waals surface area (Å²) in [7, 11) is 0. The molecule has 0 spiro atoms. The first kappa shape index (κ1) is 10.8. The van der Waals surface area contributed by atoms with Gasteiger partial charge in [0.05, 0.1) is 12.1 Å². The van der Waals surface area contributed by atoms with Gasteiger partial charge in [0.25, 0.3) is 0 Å². The fourth-order valence-electron chi connectivity index (χ4n) is 1.42. The van der Waals surface area contributed by atoms with Crippen molar-refractivity contribution >= 4 is 16.7 Å². The molecule has 0 aliphatic carbocycles. The van der Waals surface area contributed by atoms with E-state index in [9.17, 15) is 4.39 Å². The predicted octanol–water partition coefficient (Wildman–Crippen LogP) is 1.56. The standard InChI is InChI=1S/C11H12FN3O/c1-7(5-16)15-11-9-4-8(12)2-3-10(9)13-6-14-11/h2-4,6-7,16H,5H2,1H3,(H,13,14,15)/t7-/m0/s1. The van der Waals surface area contributed by atoms with E-state index in [0.29, 0.717) is 16.7 Å². The molecule has 1 heterocycles. The van der Waals surface area contributed by atoms with Crippen LogP contribution in [0.1, 0.15) is 6.92 Å². The van der Waals surface area contributed by atoms with Crippen LogP contribution in [0.3, 0.4) is 0 Å². The second-order valence-electron chi connectivity index (χ2n) is 3.61. The van der Waals surface area contributed by atoms with Gasteiger partial charge in [-0.25, -0.2) is 14.4 Å². The molecule has 2 N–H and O–H groups in total. The van der Waals surface area contributed by atoms with Gasteiger partial charge >= 0.3 is 0 Å². The number of nitrogens with one attached hydrogen (secondary N) is 1. The summed E-state index contributed by atoms with van der Waals surface area (Å²) in [5.74, 6) is 0.202. The molecule has 1 aromatic heterocycles. The highest BCUT2D eigenvalue weighted by molar-refractivity contribution is 5.88. The molecule has 0 bridgehead atoms. The average Bonchev–Trinajstić information content (AvgIpc) is 2.29. The molecule has 0 radical (unpaired) electrons. The topological polar surface area (TPSA) is 58.0 Å². The third-order valence-electron chi connectivity index (χ3n) is 2.25. The van der Waals surface area contributed by atoms with E-state index >= 15 is 0 Å². The summed E-state index contributed by atoms with van der Waals surface area (Å²) >= 11 is 0. The van der Waals surface area contributed by atoms with Crippen molar-refractivity contribution in [3.63, 3.8) is 0 Å². The Hall–Kier alpha value is -1.75. The number of rotatable bonds is 3. The Labute approximate surface area is 92.2 Å². The summed E-state index contributed by atoms with van der Waals surface area (Å²) in [6.07, 6.45) is 1.41. The number of halogens is 1. The lowest BCUT2D eigenvalue weighted by atomic mass is 10.2. The van der Waals surface area contributed by atoms with Crippen LogP contribution in [-0.4, -0.2) is 27.7 Å². The highest BCUT2D eigenvalue weighted by atomic mass is 19.1. The molecule has 0 fully saturated rings. The molecule has 1 aromatic carbocycles. The van der Waals surface area contributed by atoms with E-state index in [1.807, 2.05) is 6.92 Å². The number of aliphatic hydroxyl groups excluding tert-OH is 1. The summed E-state index contributed by atoms with van der Waals surface area (Å²) in [6.45, 7) is 1.80. The van der Waals surface area contributed by atoms with Crippen LogP contribution in [0.15, 0.2) is 24.5 Å². The van der Waals surface area contributed by atoms with E-state index in [2.05, 4.69) is 15.3 Å². The van der Waals surface area contributed by atoms with E-state index < -0.39 is 0 Å². The van der Waals surface area contributed by atoms with Crippen molar-refractivity contribution in [2.75, 3.05) is 11.9 Å². The first-order chi connectivity index (χ1) is 7.70. The molecule has 0 amide bonds. The molecule has 0 aliphatic heterocycles. The highest BCUT2D eigenvalue weighted by Gasteiger charge is 2.07. The van der Waals surface area contributed by atoms with Crippen LogP contribution in [-0.2, 0) is 0 Å². The zero-order valence-electron chi connectivity index (χ0n) is 8.81. The largest absolute Gasteiger partial charge is 0.394 e. The van der Waals surface area contributed by atoms with Crippen molar-refractivity contribution in [2.45, 2.75) is 13.0 Å². The van der Waals surface area contributed by atoms with Crippen LogP contribution in [0.25, 0.3) is 10.9 Å². The summed E-state index contributed by atoms with van der Waals surface area (Å²) in [6, 6.07) is 4.19. The number of benzene rings is 1. The Morgan fingerprint density at radius 2 is 2.25 bits per heavy atom. The molecule has 0 saturated heterocycles. The van der Waals surface area contributed by atoms with Crippen molar-refractivity contribution in [1.82, 2.24) is 9.97 Å². The van der Waals surface area contributed by atoms with Gasteiger partial charge in [-0.15, -0.1) is 0 Å². The van der Waals surface area contributed by atoms with Crippen LogP contribution in [0.5, 0.6) is 0 Å². The van der Waals surface area contributed by atoms with Gasteiger partial charge in [-0.3, -0.25) is 0 Å². The van der Waals surface area contributed by atoms with E-state index in [-0.39, 0.29) is 18.5 Å². The molecule has 2 aromatic rings. The number of fused-ring (bicyclic) bond motifs is 1. The minimum Gasteiger partial charge on any atom is -0.394 e. The molecular weight excluding hydrogens is 209 g/mol. The molecule has 5 heteroatoms. The summed E-state index contributed by atoms with van der Waals surface area (Å²) in [4.78, 5) is 8.07. The van der Waals surface area contributed by atoms with Crippen molar-refractivity contribution in [1.29, 1.82) is 0 Å². The predicted molar refractivity (Wildman–Crippen MR) is 59.7 cm³/mol. The third-order valence-corrected chi connectivity index (χ3v) is 2.25. The van der Waals surface area contributed by atoms with E-state index in [1.54, 1.807) is 6.07 Å². The zero-order chi connectivity index (χ0) is 11.5. The van der Waals surface area contributed by atoms with Crippen molar-refractivity contribution < 1.29 is 9.50 Å². The van der Waals surface area contributed by atoms with Gasteiger partial charge in [0.2, 0.25) is 0 Å². The van der Waals surface area contributed by atoms with Gasteiger partial charge < -0.3 is 10.4 Å². The monoisotopic (exact) mass is 221 g/mol. The molecule has 84 valence electrons. The first-order valence-corrected chi connectivity index (χ1v) is 4.98. The Morgan fingerprint density at radius 1 is 1.44 bits per heavy atom. The Morgan fingerprint density at radius 3 is 3.00 bits per heavy atom. The molecule has 2 rings (SSSR count). The van der Waals surface area contributed by atoms with Crippen LogP contribution in [0.2, 0.25) is 0 Å². The summed E-state index contributed by atoms with van der Waals surface area (Å²) in [5.41, 5.74) is 0.670. The van der Waals surface area contributed by atoms with Crippen LogP contribution in [0, 0.1) is 5.82 Å². The number of hydrogen-bond donors (Lipinski definition) is 2. The fourth-order valence-corrected chi connectivity index (χ4v) is 1.42. The Bertz CT molecular complexity index is 504. The van der Waals surface area contributed by atoms with E-state index in [1.165, 1.54) is 18.5 Å². The van der Waals surface area contributed by atoms with Crippen molar-refractivity contribution in [3.05, 3.63) is 30.3 Å². The van der Waals surface area contributed by atoms with Crippen molar-refractivity contribution in [2.24, 2.45) is 0 Å². The minimum atomic E-state index is -0.331. The molecule has 0 saturated carbocycles. The molecule has 16 heavy (non-hydrogen) atoms. The smallest absolute Gasteiger partial charge is 0.137 e. The maximum atomic E-state index is 13.1. The van der Waals surface area contributed by atoms with Gasteiger partial charge in [0, 0.05) is 11.4 Å². The summed E-state index contributed by atoms with van der Waals surface area (Å²) in [5, 5.41) is 12.6. The van der Waals surface area contributed by atoms with Gasteiger partial charge in [-0.1, -0.05) is 0 Å². The lowest BCUT2D eigenvalue weighted by Gasteiger charge is -2.12. The quantitative estimate of drug-likeness (QED) is 0.825. The normalized spacial score (nSPS) is 12.7. The fraction of sp³-hybridized carbons (Fsp3) is 0.273. The summed E-state index contributed by atoms with van der Waals surface area (Å²) < 4.78 is 13.1. The number of anilines is 1. The maximum absolute atomic E-state index is 13.1. The van der Waals surface area contributed by atoms with Gasteiger partial charge in [-0.05, 0) is 25.1 Å². The first-order valence-electron chi connectivity index (χ1n) is 4.98. The van der Waals surface area contributed by atoms with Crippen molar-refractivity contribution in [3.8, 4) is 0 Å². The molecule has 1 atom stereocenters. The van der Waals surface area contributed by atoms with Crippen LogP contribution < -0.4 is 5.32 Å². The van der Waals surface area contributed by atoms with E-state index in [4.69, 9.17) is 5.11 Å². The van der Waals surface area contributed by atoms with Crippen LogP contribution in [0.4, 0.5) is 10.2 Å². The van der Waals surface area contributed by atoms with Crippen LogP contribution >= 0.6 is 0 Å². The number of aliphatic hydroxyl groups is 1. The molecular formula is C11H12FN3O.